The quantitative estimate of drug-likeness (QED) is 0.729. The molecule has 0 unspecified atom stereocenters. The van der Waals surface area contributed by atoms with Crippen molar-refractivity contribution < 1.29 is 9.53 Å². The van der Waals surface area contributed by atoms with E-state index < -0.39 is 0 Å². The van der Waals surface area contributed by atoms with Crippen LogP contribution in [-0.2, 0) is 0 Å². The Bertz CT molecular complexity index is 660. The summed E-state index contributed by atoms with van der Waals surface area (Å²) < 4.78 is 6.05. The van der Waals surface area contributed by atoms with Crippen molar-refractivity contribution in [3.05, 3.63) is 62.1 Å². The van der Waals surface area contributed by atoms with Gasteiger partial charge in [-0.15, -0.1) is 0 Å². The number of halogens is 2. The summed E-state index contributed by atoms with van der Waals surface area (Å²) in [6.07, 6.45) is 0. The van der Waals surface area contributed by atoms with Crippen molar-refractivity contribution in [1.82, 2.24) is 0 Å². The highest BCUT2D eigenvalue weighted by Gasteiger charge is 2.15. The molecular weight excluding hydrogens is 340 g/mol. The number of hydrogen-bond donors (Lipinski definition) is 0. The van der Waals surface area contributed by atoms with Gasteiger partial charge in [0.25, 0.3) is 0 Å². The van der Waals surface area contributed by atoms with Gasteiger partial charge in [-0.25, -0.2) is 0 Å². The SMILES string of the molecule is COc1cc(C)c(C(=O)c2cc(Cl)cc(Br)c2)cc1C. The zero-order valence-corrected chi connectivity index (χ0v) is 13.8. The molecule has 0 atom stereocenters. The van der Waals surface area contributed by atoms with Crippen LogP contribution in [0.2, 0.25) is 5.02 Å². The number of carbonyl (C=O) groups is 1. The van der Waals surface area contributed by atoms with Crippen molar-refractivity contribution in [2.24, 2.45) is 0 Å². The maximum absolute atomic E-state index is 12.6. The lowest BCUT2D eigenvalue weighted by Gasteiger charge is -2.11. The first-order valence-corrected chi connectivity index (χ1v) is 7.25. The Hall–Kier alpha value is -1.32. The van der Waals surface area contributed by atoms with Gasteiger partial charge in [-0.3, -0.25) is 4.79 Å². The van der Waals surface area contributed by atoms with Gasteiger partial charge in [0.15, 0.2) is 5.78 Å². The molecule has 0 fully saturated rings. The first-order valence-electron chi connectivity index (χ1n) is 6.08. The van der Waals surface area contributed by atoms with Crippen molar-refractivity contribution >= 4 is 33.3 Å². The minimum absolute atomic E-state index is 0.0450. The van der Waals surface area contributed by atoms with Crippen LogP contribution < -0.4 is 4.74 Å². The smallest absolute Gasteiger partial charge is 0.193 e. The van der Waals surface area contributed by atoms with Gasteiger partial charge in [0.2, 0.25) is 0 Å². The second kappa shape index (κ2) is 5.98. The van der Waals surface area contributed by atoms with Crippen LogP contribution in [0.4, 0.5) is 0 Å². The molecule has 0 saturated heterocycles. The van der Waals surface area contributed by atoms with Gasteiger partial charge in [-0.2, -0.15) is 0 Å². The molecule has 0 aliphatic carbocycles. The van der Waals surface area contributed by atoms with Gasteiger partial charge < -0.3 is 4.74 Å². The van der Waals surface area contributed by atoms with E-state index in [4.69, 9.17) is 16.3 Å². The molecule has 2 rings (SSSR count). The molecule has 104 valence electrons. The third-order valence-corrected chi connectivity index (χ3v) is 3.79. The second-order valence-corrected chi connectivity index (χ2v) is 5.98. The van der Waals surface area contributed by atoms with E-state index in [-0.39, 0.29) is 5.78 Å². The first kappa shape index (κ1) is 15.1. The molecule has 4 heteroatoms. The summed E-state index contributed by atoms with van der Waals surface area (Å²) in [5, 5.41) is 0.533. The predicted molar refractivity (Wildman–Crippen MR) is 85.1 cm³/mol. The molecule has 0 radical (unpaired) electrons. The predicted octanol–water partition coefficient (Wildman–Crippen LogP) is 4.96. The second-order valence-electron chi connectivity index (χ2n) is 4.62. The van der Waals surface area contributed by atoms with E-state index in [1.807, 2.05) is 26.0 Å². The Morgan fingerprint density at radius 2 is 1.80 bits per heavy atom. The first-order chi connectivity index (χ1) is 9.42. The zero-order valence-electron chi connectivity index (χ0n) is 11.5. The lowest BCUT2D eigenvalue weighted by molar-refractivity contribution is 0.103. The normalized spacial score (nSPS) is 10.4. The largest absolute Gasteiger partial charge is 0.496 e. The fourth-order valence-electron chi connectivity index (χ4n) is 2.09. The van der Waals surface area contributed by atoms with Crippen LogP contribution in [0.5, 0.6) is 5.75 Å². The highest BCUT2D eigenvalue weighted by molar-refractivity contribution is 9.10. The molecule has 0 saturated carbocycles. The number of rotatable bonds is 3. The van der Waals surface area contributed by atoms with Crippen LogP contribution >= 0.6 is 27.5 Å². The number of benzene rings is 2. The monoisotopic (exact) mass is 352 g/mol. The molecule has 0 bridgehead atoms. The van der Waals surface area contributed by atoms with Gasteiger partial charge in [0.1, 0.15) is 5.75 Å². The summed E-state index contributed by atoms with van der Waals surface area (Å²) in [5.41, 5.74) is 3.05. The molecule has 0 spiro atoms. The molecule has 0 N–H and O–H groups in total. The maximum atomic E-state index is 12.6. The molecule has 0 aliphatic rings. The summed E-state index contributed by atoms with van der Waals surface area (Å²) in [4.78, 5) is 12.6. The Morgan fingerprint density at radius 1 is 1.10 bits per heavy atom. The van der Waals surface area contributed by atoms with E-state index in [0.717, 1.165) is 21.3 Å². The number of hydrogen-bond acceptors (Lipinski definition) is 2. The van der Waals surface area contributed by atoms with Crippen molar-refractivity contribution in [2.45, 2.75) is 13.8 Å². The number of ketones is 1. The van der Waals surface area contributed by atoms with Gasteiger partial charge in [-0.05, 0) is 55.3 Å². The lowest BCUT2D eigenvalue weighted by atomic mass is 9.97. The Balaban J connectivity index is 2.50. The van der Waals surface area contributed by atoms with Crippen LogP contribution in [0, 0.1) is 13.8 Å². The van der Waals surface area contributed by atoms with Gasteiger partial charge >= 0.3 is 0 Å². The van der Waals surface area contributed by atoms with E-state index in [1.54, 1.807) is 25.3 Å². The summed E-state index contributed by atoms with van der Waals surface area (Å²) in [6.45, 7) is 3.82. The van der Waals surface area contributed by atoms with Crippen molar-refractivity contribution in [1.29, 1.82) is 0 Å². The third-order valence-electron chi connectivity index (χ3n) is 3.11. The average molecular weight is 354 g/mol. The van der Waals surface area contributed by atoms with Gasteiger partial charge in [0, 0.05) is 20.6 Å². The minimum atomic E-state index is -0.0450. The highest BCUT2D eigenvalue weighted by atomic mass is 79.9. The maximum Gasteiger partial charge on any atom is 0.193 e. The lowest BCUT2D eigenvalue weighted by Crippen LogP contribution is -2.05. The van der Waals surface area contributed by atoms with Crippen LogP contribution in [-0.4, -0.2) is 12.9 Å². The molecule has 0 aromatic heterocycles. The summed E-state index contributed by atoms with van der Waals surface area (Å²) in [5.74, 6) is 0.739. The van der Waals surface area contributed by atoms with Crippen molar-refractivity contribution in [2.75, 3.05) is 7.11 Å². The standard InChI is InChI=1S/C16H14BrClO2/c1-9-5-15(20-3)10(2)4-14(9)16(19)11-6-12(17)8-13(18)7-11/h4-8H,1-3H3. The summed E-state index contributed by atoms with van der Waals surface area (Å²) in [6, 6.07) is 8.93. The van der Waals surface area contributed by atoms with Crippen molar-refractivity contribution in [3.63, 3.8) is 0 Å². The molecule has 2 aromatic carbocycles. The highest BCUT2D eigenvalue weighted by Crippen LogP contribution is 2.26. The van der Waals surface area contributed by atoms with Crippen LogP contribution in [0.15, 0.2) is 34.8 Å². The van der Waals surface area contributed by atoms with E-state index in [2.05, 4.69) is 15.9 Å². The molecular formula is C16H14BrClO2. The Morgan fingerprint density at radius 3 is 2.40 bits per heavy atom. The Labute approximate surface area is 131 Å². The molecule has 0 amide bonds. The zero-order chi connectivity index (χ0) is 14.9. The van der Waals surface area contributed by atoms with Crippen LogP contribution in [0.25, 0.3) is 0 Å². The van der Waals surface area contributed by atoms with E-state index in [0.29, 0.717) is 16.1 Å². The molecule has 20 heavy (non-hydrogen) atoms. The molecule has 2 aromatic rings. The Kier molecular flexibility index (Phi) is 4.51. The topological polar surface area (TPSA) is 26.3 Å². The van der Waals surface area contributed by atoms with Gasteiger partial charge in [-0.1, -0.05) is 27.5 Å². The number of carbonyl (C=O) groups excluding carboxylic acids is 1. The van der Waals surface area contributed by atoms with E-state index >= 15 is 0 Å². The fraction of sp³-hybridized carbons (Fsp3) is 0.188. The van der Waals surface area contributed by atoms with Gasteiger partial charge in [0.05, 0.1) is 7.11 Å². The number of methoxy groups -OCH3 is 1. The van der Waals surface area contributed by atoms with E-state index in [9.17, 15) is 4.79 Å². The summed E-state index contributed by atoms with van der Waals surface area (Å²) >= 11 is 9.35. The van der Waals surface area contributed by atoms with Crippen LogP contribution in [0.3, 0.4) is 0 Å². The number of ether oxygens (including phenoxy) is 1. The van der Waals surface area contributed by atoms with Crippen molar-refractivity contribution in [3.8, 4) is 5.75 Å². The molecule has 2 nitrogen and oxygen atoms in total. The van der Waals surface area contributed by atoms with E-state index in [1.165, 1.54) is 0 Å². The molecule has 0 heterocycles. The summed E-state index contributed by atoms with van der Waals surface area (Å²) in [7, 11) is 1.62. The minimum Gasteiger partial charge on any atom is -0.496 e. The number of aryl methyl sites for hydroxylation is 2. The van der Waals surface area contributed by atoms with Crippen LogP contribution in [0.1, 0.15) is 27.0 Å². The fourth-order valence-corrected chi connectivity index (χ4v) is 2.95. The third kappa shape index (κ3) is 3.05. The molecule has 0 aliphatic heterocycles. The average Bonchev–Trinajstić information content (AvgIpc) is 2.39.